The van der Waals surface area contributed by atoms with Crippen LogP contribution in [-0.4, -0.2) is 26.7 Å². The van der Waals surface area contributed by atoms with Gasteiger partial charge in [0.25, 0.3) is 5.91 Å². The van der Waals surface area contributed by atoms with Crippen LogP contribution in [0, 0.1) is 5.82 Å². The van der Waals surface area contributed by atoms with Crippen LogP contribution in [0.4, 0.5) is 20.7 Å². The number of halogens is 1. The Kier molecular flexibility index (Phi) is 5.75. The van der Waals surface area contributed by atoms with E-state index in [0.717, 1.165) is 16.8 Å². The zero-order valence-electron chi connectivity index (χ0n) is 20.1. The Balaban J connectivity index is 1.43. The van der Waals surface area contributed by atoms with E-state index >= 15 is 0 Å². The number of nitrogens with zero attached hydrogens (tertiary/aromatic N) is 3. The molecule has 0 saturated heterocycles. The minimum atomic E-state index is -0.619. The number of carbonyl (C=O) groups is 2. The number of anilines is 2. The highest BCUT2D eigenvalue weighted by atomic mass is 19.1. The summed E-state index contributed by atoms with van der Waals surface area (Å²) in [6.07, 6.45) is 3.30. The van der Waals surface area contributed by atoms with Crippen molar-refractivity contribution in [3.8, 4) is 16.8 Å². The molecule has 3 amide bonds. The molecule has 0 atom stereocenters. The number of hydrogen-bond acceptors (Lipinski definition) is 4. The van der Waals surface area contributed by atoms with Gasteiger partial charge >= 0.3 is 6.03 Å². The topological polar surface area (TPSA) is 101 Å². The van der Waals surface area contributed by atoms with E-state index in [0.29, 0.717) is 29.2 Å². The molecular weight excluding hydrogens is 459 g/mol. The largest absolute Gasteiger partial charge is 0.348 e. The van der Waals surface area contributed by atoms with Gasteiger partial charge in [0.05, 0.1) is 23.3 Å². The molecule has 0 radical (unpaired) electrons. The van der Waals surface area contributed by atoms with Gasteiger partial charge in [0, 0.05) is 29.8 Å². The standard InChI is InChI=1S/C27H25FN6O2/c1-27(2,3)23-13-24(34(33-23)17-6-5-11-29-14-17)32-26(36)31-22-12-16(9-10-21(22)28)18-7-4-8-19-20(18)15-30-25(19)35/h4-14H,15H2,1-3H3,(H,30,35)(H2,31,32,36). The quantitative estimate of drug-likeness (QED) is 0.368. The van der Waals surface area contributed by atoms with E-state index in [4.69, 9.17) is 0 Å². The number of pyridine rings is 1. The second-order valence-electron chi connectivity index (χ2n) is 9.58. The highest BCUT2D eigenvalue weighted by Crippen LogP contribution is 2.32. The van der Waals surface area contributed by atoms with Crippen molar-refractivity contribution < 1.29 is 14.0 Å². The average molecular weight is 485 g/mol. The van der Waals surface area contributed by atoms with Crippen molar-refractivity contribution >= 4 is 23.4 Å². The van der Waals surface area contributed by atoms with Crippen molar-refractivity contribution in [1.29, 1.82) is 0 Å². The molecule has 3 N–H and O–H groups in total. The fourth-order valence-corrected chi connectivity index (χ4v) is 4.10. The maximum atomic E-state index is 14.7. The minimum Gasteiger partial charge on any atom is -0.348 e. The van der Waals surface area contributed by atoms with E-state index in [1.165, 1.54) is 6.07 Å². The molecule has 0 saturated carbocycles. The Bertz CT molecular complexity index is 1470. The van der Waals surface area contributed by atoms with E-state index in [9.17, 15) is 14.0 Å². The molecule has 5 rings (SSSR count). The van der Waals surface area contributed by atoms with E-state index in [2.05, 4.69) is 26.0 Å². The van der Waals surface area contributed by atoms with Crippen LogP contribution < -0.4 is 16.0 Å². The smallest absolute Gasteiger partial charge is 0.324 e. The van der Waals surface area contributed by atoms with Crippen molar-refractivity contribution in [2.45, 2.75) is 32.7 Å². The molecule has 36 heavy (non-hydrogen) atoms. The van der Waals surface area contributed by atoms with E-state index < -0.39 is 11.8 Å². The third-order valence-corrected chi connectivity index (χ3v) is 5.98. The fourth-order valence-electron chi connectivity index (χ4n) is 4.10. The van der Waals surface area contributed by atoms with E-state index in [1.54, 1.807) is 53.5 Å². The summed E-state index contributed by atoms with van der Waals surface area (Å²) in [5, 5.41) is 12.8. The molecule has 2 aromatic carbocycles. The van der Waals surface area contributed by atoms with Gasteiger partial charge in [-0.2, -0.15) is 5.10 Å². The lowest BCUT2D eigenvalue weighted by molar-refractivity contribution is 0.0965. The number of amides is 3. The van der Waals surface area contributed by atoms with Gasteiger partial charge < -0.3 is 10.6 Å². The summed E-state index contributed by atoms with van der Waals surface area (Å²) in [5.74, 6) is -0.286. The molecule has 1 aliphatic heterocycles. The number of nitrogens with one attached hydrogen (secondary N) is 3. The summed E-state index contributed by atoms with van der Waals surface area (Å²) in [6.45, 7) is 6.48. The highest BCUT2D eigenvalue weighted by Gasteiger charge is 2.23. The van der Waals surface area contributed by atoms with Gasteiger partial charge in [-0.05, 0) is 47.0 Å². The van der Waals surface area contributed by atoms with Crippen molar-refractivity contribution in [2.75, 3.05) is 10.6 Å². The maximum Gasteiger partial charge on any atom is 0.324 e. The van der Waals surface area contributed by atoms with Gasteiger partial charge in [0.1, 0.15) is 11.6 Å². The first-order chi connectivity index (χ1) is 17.2. The van der Waals surface area contributed by atoms with Gasteiger partial charge in [-0.25, -0.2) is 13.9 Å². The molecule has 0 bridgehead atoms. The molecule has 1 aliphatic rings. The number of rotatable bonds is 4. The third kappa shape index (κ3) is 4.43. The second kappa shape index (κ2) is 8.92. The Hall–Kier alpha value is -4.53. The zero-order valence-corrected chi connectivity index (χ0v) is 20.1. The van der Waals surface area contributed by atoms with Crippen LogP contribution in [-0.2, 0) is 12.0 Å². The lowest BCUT2D eigenvalue weighted by Gasteiger charge is -2.14. The normalized spacial score (nSPS) is 12.7. The molecule has 0 aliphatic carbocycles. The molecule has 0 fully saturated rings. The van der Waals surface area contributed by atoms with Gasteiger partial charge in [-0.1, -0.05) is 39.0 Å². The first-order valence-electron chi connectivity index (χ1n) is 11.5. The van der Waals surface area contributed by atoms with Crippen molar-refractivity contribution in [2.24, 2.45) is 0 Å². The van der Waals surface area contributed by atoms with E-state index in [-0.39, 0.29) is 17.0 Å². The average Bonchev–Trinajstić information content (AvgIpc) is 3.45. The van der Waals surface area contributed by atoms with Crippen LogP contribution in [0.2, 0.25) is 0 Å². The number of aromatic nitrogens is 3. The molecule has 0 spiro atoms. The van der Waals surface area contributed by atoms with Crippen LogP contribution in [0.3, 0.4) is 0 Å². The Morgan fingerprint density at radius 1 is 1.06 bits per heavy atom. The van der Waals surface area contributed by atoms with Gasteiger partial charge in [-0.15, -0.1) is 0 Å². The molecule has 8 nitrogen and oxygen atoms in total. The Morgan fingerprint density at radius 2 is 1.86 bits per heavy atom. The number of urea groups is 1. The molecule has 2 aromatic heterocycles. The first kappa shape index (κ1) is 23.2. The predicted octanol–water partition coefficient (Wildman–Crippen LogP) is 5.26. The van der Waals surface area contributed by atoms with Gasteiger partial charge in [0.2, 0.25) is 0 Å². The third-order valence-electron chi connectivity index (χ3n) is 5.98. The number of carbonyl (C=O) groups excluding carboxylic acids is 2. The number of hydrogen-bond donors (Lipinski definition) is 3. The van der Waals surface area contributed by atoms with Gasteiger partial charge in [-0.3, -0.25) is 15.1 Å². The molecule has 182 valence electrons. The van der Waals surface area contributed by atoms with Crippen LogP contribution in [0.1, 0.15) is 42.4 Å². The maximum absolute atomic E-state index is 14.7. The molecule has 0 unspecified atom stereocenters. The van der Waals surface area contributed by atoms with E-state index in [1.807, 2.05) is 32.9 Å². The lowest BCUT2D eigenvalue weighted by Crippen LogP contribution is -2.22. The molecule has 4 aromatic rings. The van der Waals surface area contributed by atoms with Crippen LogP contribution in [0.15, 0.2) is 67.0 Å². The van der Waals surface area contributed by atoms with Crippen LogP contribution in [0.25, 0.3) is 16.8 Å². The minimum absolute atomic E-state index is 0.0170. The summed E-state index contributed by atoms with van der Waals surface area (Å²) < 4.78 is 16.3. The molecule has 3 heterocycles. The first-order valence-corrected chi connectivity index (χ1v) is 11.5. The summed E-state index contributed by atoms with van der Waals surface area (Å²) >= 11 is 0. The molecule has 9 heteroatoms. The second-order valence-corrected chi connectivity index (χ2v) is 9.58. The Morgan fingerprint density at radius 3 is 2.61 bits per heavy atom. The zero-order chi connectivity index (χ0) is 25.4. The lowest BCUT2D eigenvalue weighted by atomic mass is 9.92. The van der Waals surface area contributed by atoms with Crippen LogP contribution in [0.5, 0.6) is 0 Å². The number of benzene rings is 2. The van der Waals surface area contributed by atoms with Crippen molar-refractivity contribution in [3.05, 3.63) is 89.6 Å². The summed E-state index contributed by atoms with van der Waals surface area (Å²) in [4.78, 5) is 29.1. The van der Waals surface area contributed by atoms with Gasteiger partial charge in [0.15, 0.2) is 0 Å². The van der Waals surface area contributed by atoms with Crippen molar-refractivity contribution in [1.82, 2.24) is 20.1 Å². The predicted molar refractivity (Wildman–Crippen MR) is 136 cm³/mol. The molecular formula is C27H25FN6O2. The van der Waals surface area contributed by atoms with Crippen molar-refractivity contribution in [3.63, 3.8) is 0 Å². The monoisotopic (exact) mass is 484 g/mol. The highest BCUT2D eigenvalue weighted by molar-refractivity contribution is 6.01. The number of fused-ring (bicyclic) bond motifs is 1. The van der Waals surface area contributed by atoms with Crippen LogP contribution >= 0.6 is 0 Å². The summed E-state index contributed by atoms with van der Waals surface area (Å²) in [7, 11) is 0. The SMILES string of the molecule is CC(C)(C)c1cc(NC(=O)Nc2cc(-c3cccc4c3CNC4=O)ccc2F)n(-c2cccnc2)n1. The summed E-state index contributed by atoms with van der Waals surface area (Å²) in [5.41, 5.74) is 4.15. The summed E-state index contributed by atoms with van der Waals surface area (Å²) in [6, 6.07) is 14.7. The fraction of sp³-hybridized carbons (Fsp3) is 0.185. The Labute approximate surface area is 207 Å².